The van der Waals surface area contributed by atoms with Crippen molar-refractivity contribution in [2.45, 2.75) is 32.4 Å². The summed E-state index contributed by atoms with van der Waals surface area (Å²) >= 11 is 0. The topological polar surface area (TPSA) is 67.6 Å². The van der Waals surface area contributed by atoms with Crippen molar-refractivity contribution in [1.82, 2.24) is 24.7 Å². The fourth-order valence-corrected chi connectivity index (χ4v) is 2.85. The molecule has 1 N–H and O–H groups in total. The van der Waals surface area contributed by atoms with Gasteiger partial charge >= 0.3 is 0 Å². The summed E-state index contributed by atoms with van der Waals surface area (Å²) in [6.45, 7) is 7.23. The summed E-state index contributed by atoms with van der Waals surface area (Å²) < 4.78 is 7.35. The highest BCUT2D eigenvalue weighted by atomic mass is 16.5. The maximum absolute atomic E-state index is 5.62. The molecular formula is C14H22N6O. The number of fused-ring (bicyclic) bond motifs is 1. The van der Waals surface area contributed by atoms with Crippen LogP contribution >= 0.6 is 0 Å². The van der Waals surface area contributed by atoms with E-state index in [0.717, 1.165) is 43.1 Å². The van der Waals surface area contributed by atoms with E-state index in [1.807, 2.05) is 0 Å². The third kappa shape index (κ3) is 2.71. The average Bonchev–Trinajstić information content (AvgIpc) is 3.13. The third-order valence-corrected chi connectivity index (χ3v) is 4.11. The summed E-state index contributed by atoms with van der Waals surface area (Å²) in [4.78, 5) is 2.38. The van der Waals surface area contributed by atoms with Gasteiger partial charge in [0.2, 0.25) is 5.65 Å². The summed E-state index contributed by atoms with van der Waals surface area (Å²) in [5.74, 6) is 0. The molecule has 1 aliphatic heterocycles. The van der Waals surface area contributed by atoms with Crippen molar-refractivity contribution in [1.29, 1.82) is 0 Å². The number of nitrogens with one attached hydrogen (secondary N) is 1. The zero-order valence-electron chi connectivity index (χ0n) is 12.8. The van der Waals surface area contributed by atoms with Gasteiger partial charge in [0, 0.05) is 20.2 Å². The molecule has 2 atom stereocenters. The van der Waals surface area contributed by atoms with Crippen LogP contribution in [0.3, 0.4) is 0 Å². The van der Waals surface area contributed by atoms with E-state index in [9.17, 15) is 0 Å². The van der Waals surface area contributed by atoms with Crippen molar-refractivity contribution in [3.63, 3.8) is 0 Å². The Morgan fingerprint density at radius 3 is 2.95 bits per heavy atom. The molecule has 2 aromatic heterocycles. The van der Waals surface area contributed by atoms with E-state index in [2.05, 4.69) is 45.4 Å². The summed E-state index contributed by atoms with van der Waals surface area (Å²) in [7, 11) is 1.77. The molecule has 0 bridgehead atoms. The van der Waals surface area contributed by atoms with Crippen molar-refractivity contribution >= 4 is 11.3 Å². The largest absolute Gasteiger partial charge is 0.378 e. The molecular weight excluding hydrogens is 268 g/mol. The Morgan fingerprint density at radius 2 is 2.24 bits per heavy atom. The molecule has 1 saturated heterocycles. The van der Waals surface area contributed by atoms with Crippen LogP contribution in [0.5, 0.6) is 0 Å². The van der Waals surface area contributed by atoms with E-state index in [-0.39, 0.29) is 12.1 Å². The predicted molar refractivity (Wildman–Crippen MR) is 80.5 cm³/mol. The molecule has 3 rings (SSSR count). The first-order valence-corrected chi connectivity index (χ1v) is 7.46. The Labute approximate surface area is 124 Å². The molecule has 0 unspecified atom stereocenters. The molecule has 114 valence electrons. The zero-order chi connectivity index (χ0) is 14.8. The molecule has 0 saturated carbocycles. The lowest BCUT2D eigenvalue weighted by Gasteiger charge is -2.20. The van der Waals surface area contributed by atoms with Gasteiger partial charge in [0.05, 0.1) is 23.5 Å². The minimum atomic E-state index is 0.186. The number of aromatic nitrogens is 4. The second-order valence-electron chi connectivity index (χ2n) is 5.38. The first-order chi connectivity index (χ1) is 10.2. The maximum atomic E-state index is 5.62. The smallest absolute Gasteiger partial charge is 0.200 e. The van der Waals surface area contributed by atoms with Gasteiger partial charge in [-0.05, 0) is 19.0 Å². The van der Waals surface area contributed by atoms with Crippen LogP contribution in [0, 0.1) is 0 Å². The van der Waals surface area contributed by atoms with E-state index in [0.29, 0.717) is 0 Å². The Kier molecular flexibility index (Phi) is 4.03. The quantitative estimate of drug-likeness (QED) is 0.879. The minimum Gasteiger partial charge on any atom is -0.378 e. The highest BCUT2D eigenvalue weighted by Gasteiger charge is 2.32. The molecule has 2 aromatic rings. The van der Waals surface area contributed by atoms with Gasteiger partial charge in [-0.15, -0.1) is 10.2 Å². The zero-order valence-corrected chi connectivity index (χ0v) is 12.8. The molecule has 0 aliphatic carbocycles. The van der Waals surface area contributed by atoms with Gasteiger partial charge in [0.15, 0.2) is 0 Å². The van der Waals surface area contributed by atoms with Gasteiger partial charge in [-0.2, -0.15) is 9.61 Å². The van der Waals surface area contributed by atoms with E-state index in [1.165, 1.54) is 0 Å². The van der Waals surface area contributed by atoms with E-state index < -0.39 is 0 Å². The number of hydrogen-bond acceptors (Lipinski definition) is 6. The summed E-state index contributed by atoms with van der Waals surface area (Å²) in [5.41, 5.74) is 2.76. The fraction of sp³-hybridized carbons (Fsp3) is 0.643. The Morgan fingerprint density at radius 1 is 1.38 bits per heavy atom. The number of likely N-dealkylation sites (tertiary alicyclic amines) is 1. The summed E-state index contributed by atoms with van der Waals surface area (Å²) in [6.07, 6.45) is 2.70. The molecule has 1 aliphatic rings. The van der Waals surface area contributed by atoms with Crippen molar-refractivity contribution in [2.24, 2.45) is 0 Å². The number of ether oxygens (including phenoxy) is 1. The average molecular weight is 290 g/mol. The van der Waals surface area contributed by atoms with Crippen molar-refractivity contribution in [3.05, 3.63) is 18.1 Å². The first kappa shape index (κ1) is 14.2. The molecule has 0 spiro atoms. The summed E-state index contributed by atoms with van der Waals surface area (Å²) in [5, 5.41) is 16.2. The lowest BCUT2D eigenvalue weighted by Crippen LogP contribution is -2.33. The lowest BCUT2D eigenvalue weighted by molar-refractivity contribution is 0.103. The summed E-state index contributed by atoms with van der Waals surface area (Å²) in [6, 6.07) is 2.31. The number of anilines is 1. The number of aryl methyl sites for hydroxylation is 1. The van der Waals surface area contributed by atoms with Crippen LogP contribution in [0.2, 0.25) is 0 Å². The molecule has 0 aromatic carbocycles. The Balaban J connectivity index is 1.88. The minimum absolute atomic E-state index is 0.186. The molecule has 1 fully saturated rings. The van der Waals surface area contributed by atoms with Gasteiger partial charge in [-0.3, -0.25) is 4.90 Å². The van der Waals surface area contributed by atoms with Crippen LogP contribution in [0.1, 0.15) is 19.5 Å². The van der Waals surface area contributed by atoms with Crippen LogP contribution < -0.4 is 5.32 Å². The Hall–Kier alpha value is -1.73. The fourth-order valence-electron chi connectivity index (χ4n) is 2.85. The number of likely N-dealkylation sites (N-methyl/N-ethyl adjacent to an activating group) is 1. The molecule has 0 amide bonds. The van der Waals surface area contributed by atoms with Crippen LogP contribution in [0.15, 0.2) is 12.4 Å². The van der Waals surface area contributed by atoms with Crippen LogP contribution in [0.25, 0.3) is 5.65 Å². The molecule has 3 heterocycles. The Bertz CT molecular complexity index is 613. The molecule has 21 heavy (non-hydrogen) atoms. The number of methoxy groups -OCH3 is 1. The third-order valence-electron chi connectivity index (χ3n) is 4.11. The van der Waals surface area contributed by atoms with Gasteiger partial charge in [-0.25, -0.2) is 0 Å². The molecule has 7 heteroatoms. The van der Waals surface area contributed by atoms with E-state index in [4.69, 9.17) is 4.74 Å². The highest BCUT2D eigenvalue weighted by molar-refractivity contribution is 5.67. The van der Waals surface area contributed by atoms with Gasteiger partial charge in [0.25, 0.3) is 0 Å². The van der Waals surface area contributed by atoms with Crippen molar-refractivity contribution in [3.8, 4) is 0 Å². The predicted octanol–water partition coefficient (Wildman–Crippen LogP) is 0.818. The SMILES string of the molecule is CCc1cc(N[C@H]2CN(CC)C[C@@H]2OC)c2nncn2n1. The van der Waals surface area contributed by atoms with Crippen molar-refractivity contribution < 1.29 is 4.74 Å². The van der Waals surface area contributed by atoms with E-state index >= 15 is 0 Å². The first-order valence-electron chi connectivity index (χ1n) is 7.46. The van der Waals surface area contributed by atoms with Crippen LogP contribution in [-0.2, 0) is 11.2 Å². The van der Waals surface area contributed by atoms with Crippen molar-refractivity contribution in [2.75, 3.05) is 32.1 Å². The molecule has 7 nitrogen and oxygen atoms in total. The van der Waals surface area contributed by atoms with Crippen LogP contribution in [-0.4, -0.2) is 63.6 Å². The molecule has 0 radical (unpaired) electrons. The van der Waals surface area contributed by atoms with Gasteiger partial charge in [0.1, 0.15) is 6.33 Å². The highest BCUT2D eigenvalue weighted by Crippen LogP contribution is 2.21. The second-order valence-corrected chi connectivity index (χ2v) is 5.38. The normalized spacial score (nSPS) is 23.0. The number of hydrogen-bond donors (Lipinski definition) is 1. The van der Waals surface area contributed by atoms with Crippen LogP contribution in [0.4, 0.5) is 5.69 Å². The lowest BCUT2D eigenvalue weighted by atomic mass is 10.2. The van der Waals surface area contributed by atoms with Gasteiger partial charge in [-0.1, -0.05) is 13.8 Å². The number of nitrogens with zero attached hydrogens (tertiary/aromatic N) is 5. The number of rotatable bonds is 5. The maximum Gasteiger partial charge on any atom is 0.200 e. The van der Waals surface area contributed by atoms with Gasteiger partial charge < -0.3 is 10.1 Å². The standard InChI is InChI=1S/C14H22N6O/c1-4-10-6-11(14-17-15-9-20(14)18-10)16-12-7-19(5-2)8-13(12)21-3/h6,9,12-13,16H,4-5,7-8H2,1-3H3/t12-,13-/m0/s1. The van der Waals surface area contributed by atoms with E-state index in [1.54, 1.807) is 18.0 Å². The monoisotopic (exact) mass is 290 g/mol. The second kappa shape index (κ2) is 5.95.